The Bertz CT molecular complexity index is 1250. The molecule has 0 heterocycles. The fourth-order valence-corrected chi connectivity index (χ4v) is 6.39. The van der Waals surface area contributed by atoms with Crippen LogP contribution in [0.4, 0.5) is 0 Å². The normalized spacial score (nSPS) is 13.7. The number of quaternary nitrogens is 1. The summed E-state index contributed by atoms with van der Waals surface area (Å²) in [5.74, 6) is -1.55. The molecule has 0 aromatic heterocycles. The standard InChI is InChI=1S/C52H87NO7/c1-6-8-10-12-14-16-18-20-22-24-25-27-29-31-33-35-37-39-41-43-51(55)60-48(46-58-45-44-49(52(56)57)53(3,4)5)47-59-50(54)42-40-38-36-34-32-30-28-26-23-21-19-17-15-13-11-9-7-2/h8,10,14-17,20-23,28,30,34,36,48-49H,6-7,9,11-13,18-19,24-27,29,31-33,35,37-47H2,1-5H3/p+1/b10-8+,16-14+,17-15+,22-20+,23-21+,30-28+,36-34+. The zero-order valence-corrected chi connectivity index (χ0v) is 38.9. The lowest BCUT2D eigenvalue weighted by atomic mass is 10.1. The second kappa shape index (κ2) is 42.2. The lowest BCUT2D eigenvalue weighted by Gasteiger charge is -2.31. The number of unbranched alkanes of at least 4 members (excludes halogenated alkanes) is 13. The Morgan fingerprint density at radius 1 is 0.517 bits per heavy atom. The molecule has 0 aliphatic carbocycles. The van der Waals surface area contributed by atoms with Crippen LogP contribution in [0.1, 0.15) is 174 Å². The highest BCUT2D eigenvalue weighted by molar-refractivity contribution is 5.72. The first-order valence-electron chi connectivity index (χ1n) is 23.6. The summed E-state index contributed by atoms with van der Waals surface area (Å²) >= 11 is 0. The summed E-state index contributed by atoms with van der Waals surface area (Å²) in [4.78, 5) is 37.0. The van der Waals surface area contributed by atoms with Gasteiger partial charge in [0.15, 0.2) is 12.1 Å². The van der Waals surface area contributed by atoms with Gasteiger partial charge in [0.1, 0.15) is 6.61 Å². The molecule has 0 saturated carbocycles. The number of nitrogens with zero attached hydrogens (tertiary/aromatic N) is 1. The molecule has 0 spiro atoms. The molecule has 2 atom stereocenters. The SMILES string of the molecule is CC/C=C/C/C=C/C/C=C/CCCCCCCCCCCC(=O)OC(COCCC(C(=O)O)[N+](C)(C)C)COC(=O)CCC/C=C/C/C=C/C/C=C/C/C=C/CCCCC. The van der Waals surface area contributed by atoms with E-state index < -0.39 is 18.1 Å². The van der Waals surface area contributed by atoms with Crippen LogP contribution in [0.5, 0.6) is 0 Å². The van der Waals surface area contributed by atoms with Gasteiger partial charge in [0.25, 0.3) is 0 Å². The molecule has 0 aliphatic heterocycles. The zero-order valence-electron chi connectivity index (χ0n) is 38.9. The number of aliphatic carboxylic acids is 1. The molecule has 2 unspecified atom stereocenters. The number of carbonyl (C=O) groups is 3. The van der Waals surface area contributed by atoms with E-state index in [0.717, 1.165) is 70.6 Å². The molecule has 1 N–H and O–H groups in total. The van der Waals surface area contributed by atoms with Crippen molar-refractivity contribution >= 4 is 17.9 Å². The van der Waals surface area contributed by atoms with E-state index in [-0.39, 0.29) is 42.7 Å². The minimum absolute atomic E-state index is 0.0373. The summed E-state index contributed by atoms with van der Waals surface area (Å²) < 4.78 is 17.2. The second-order valence-electron chi connectivity index (χ2n) is 16.6. The molecule has 0 amide bonds. The molecule has 0 radical (unpaired) electrons. The number of likely N-dealkylation sites (N-methyl/N-ethyl adjacent to an activating group) is 1. The molecule has 0 rings (SSSR count). The number of hydrogen-bond acceptors (Lipinski definition) is 6. The number of carboxylic acids is 1. The van der Waals surface area contributed by atoms with Crippen LogP contribution < -0.4 is 0 Å². The van der Waals surface area contributed by atoms with Gasteiger partial charge in [-0.05, 0) is 83.5 Å². The monoisotopic (exact) mass is 839 g/mol. The molecule has 0 aliphatic rings. The Kier molecular flexibility index (Phi) is 39.8. The highest BCUT2D eigenvalue weighted by atomic mass is 16.6. The average molecular weight is 839 g/mol. The van der Waals surface area contributed by atoms with Gasteiger partial charge >= 0.3 is 17.9 Å². The summed E-state index contributed by atoms with van der Waals surface area (Å²) in [5, 5.41) is 9.63. The Balaban J connectivity index is 4.41. The number of ether oxygens (including phenoxy) is 3. The number of carbonyl (C=O) groups excluding carboxylic acids is 2. The first-order valence-corrected chi connectivity index (χ1v) is 23.6. The number of esters is 2. The van der Waals surface area contributed by atoms with E-state index in [9.17, 15) is 19.5 Å². The minimum Gasteiger partial charge on any atom is -0.477 e. The fraction of sp³-hybridized carbons (Fsp3) is 0.673. The maximum absolute atomic E-state index is 12.8. The third-order valence-electron chi connectivity index (χ3n) is 10.0. The van der Waals surface area contributed by atoms with E-state index in [0.29, 0.717) is 19.3 Å². The van der Waals surface area contributed by atoms with Crippen LogP contribution in [0.2, 0.25) is 0 Å². The Morgan fingerprint density at radius 3 is 1.43 bits per heavy atom. The summed E-state index contributed by atoms with van der Waals surface area (Å²) in [6, 6.07) is -0.628. The lowest BCUT2D eigenvalue weighted by molar-refractivity contribution is -0.887. The molecule has 8 nitrogen and oxygen atoms in total. The number of hydrogen-bond donors (Lipinski definition) is 1. The summed E-state index contributed by atoms with van der Waals surface area (Å²) in [7, 11) is 5.50. The Morgan fingerprint density at radius 2 is 0.950 bits per heavy atom. The van der Waals surface area contributed by atoms with Crippen LogP contribution in [0.25, 0.3) is 0 Å². The van der Waals surface area contributed by atoms with E-state index in [1.165, 1.54) is 64.2 Å². The van der Waals surface area contributed by atoms with Gasteiger partial charge in [0.2, 0.25) is 0 Å². The molecular weight excluding hydrogens is 751 g/mol. The third kappa shape index (κ3) is 39.9. The van der Waals surface area contributed by atoms with Crippen molar-refractivity contribution < 1.29 is 38.2 Å². The molecule has 0 bridgehead atoms. The van der Waals surface area contributed by atoms with Gasteiger partial charge in [-0.1, -0.05) is 157 Å². The van der Waals surface area contributed by atoms with Gasteiger partial charge in [-0.25, -0.2) is 4.79 Å². The van der Waals surface area contributed by atoms with Crippen LogP contribution in [0, 0.1) is 0 Å². The minimum atomic E-state index is -0.886. The Hall–Kier alpha value is -3.49. The highest BCUT2D eigenvalue weighted by Gasteiger charge is 2.31. The number of carboxylic acid groups (broad SMARTS) is 1. The lowest BCUT2D eigenvalue weighted by Crippen LogP contribution is -2.50. The van der Waals surface area contributed by atoms with Crippen LogP contribution in [-0.2, 0) is 28.6 Å². The summed E-state index contributed by atoms with van der Waals surface area (Å²) in [5.41, 5.74) is 0. The van der Waals surface area contributed by atoms with Gasteiger partial charge in [0, 0.05) is 19.3 Å². The van der Waals surface area contributed by atoms with Gasteiger partial charge in [-0.15, -0.1) is 0 Å². The largest absolute Gasteiger partial charge is 0.477 e. The average Bonchev–Trinajstić information content (AvgIpc) is 3.21. The first-order chi connectivity index (χ1) is 29.1. The van der Waals surface area contributed by atoms with Crippen molar-refractivity contribution in [1.82, 2.24) is 0 Å². The molecule has 342 valence electrons. The first kappa shape index (κ1) is 56.5. The van der Waals surface area contributed by atoms with Crippen molar-refractivity contribution in [2.45, 2.75) is 187 Å². The quantitative estimate of drug-likeness (QED) is 0.0283. The molecule has 60 heavy (non-hydrogen) atoms. The van der Waals surface area contributed by atoms with Crippen molar-refractivity contribution in [2.24, 2.45) is 0 Å². The van der Waals surface area contributed by atoms with Gasteiger partial charge < -0.3 is 23.8 Å². The van der Waals surface area contributed by atoms with E-state index in [4.69, 9.17) is 14.2 Å². The van der Waals surface area contributed by atoms with Crippen molar-refractivity contribution in [3.8, 4) is 0 Å². The third-order valence-corrected chi connectivity index (χ3v) is 10.0. The van der Waals surface area contributed by atoms with Gasteiger partial charge in [0.05, 0.1) is 34.4 Å². The molecular formula is C52H88NO7+. The van der Waals surface area contributed by atoms with E-state index in [1.807, 2.05) is 21.1 Å². The van der Waals surface area contributed by atoms with Crippen molar-refractivity contribution in [3.05, 3.63) is 85.1 Å². The number of rotatable bonds is 41. The summed E-state index contributed by atoms with van der Waals surface area (Å²) in [6.07, 6.45) is 54.9. The topological polar surface area (TPSA) is 99.1 Å². The van der Waals surface area contributed by atoms with Gasteiger partial charge in [-0.2, -0.15) is 0 Å². The van der Waals surface area contributed by atoms with E-state index >= 15 is 0 Å². The van der Waals surface area contributed by atoms with Crippen LogP contribution in [0.3, 0.4) is 0 Å². The maximum atomic E-state index is 12.8. The zero-order chi connectivity index (χ0) is 44.2. The highest BCUT2D eigenvalue weighted by Crippen LogP contribution is 2.14. The van der Waals surface area contributed by atoms with Crippen molar-refractivity contribution in [2.75, 3.05) is 41.0 Å². The van der Waals surface area contributed by atoms with Gasteiger partial charge in [-0.3, -0.25) is 9.59 Å². The smallest absolute Gasteiger partial charge is 0.362 e. The predicted octanol–water partition coefficient (Wildman–Crippen LogP) is 13.3. The molecule has 0 aromatic rings. The summed E-state index contributed by atoms with van der Waals surface area (Å²) in [6.45, 7) is 4.53. The molecule has 0 aromatic carbocycles. The number of allylic oxidation sites excluding steroid dienone is 14. The van der Waals surface area contributed by atoms with Crippen LogP contribution in [0.15, 0.2) is 85.1 Å². The van der Waals surface area contributed by atoms with Crippen molar-refractivity contribution in [3.63, 3.8) is 0 Å². The van der Waals surface area contributed by atoms with E-state index in [1.54, 1.807) is 0 Å². The Labute approximate surface area is 367 Å². The molecule has 0 saturated heterocycles. The van der Waals surface area contributed by atoms with Crippen LogP contribution in [-0.4, -0.2) is 80.6 Å². The van der Waals surface area contributed by atoms with Crippen molar-refractivity contribution in [1.29, 1.82) is 0 Å². The maximum Gasteiger partial charge on any atom is 0.362 e. The second-order valence-corrected chi connectivity index (χ2v) is 16.6. The predicted molar refractivity (Wildman–Crippen MR) is 252 cm³/mol. The molecule has 8 heteroatoms. The van der Waals surface area contributed by atoms with Crippen LogP contribution >= 0.6 is 0 Å². The fourth-order valence-electron chi connectivity index (χ4n) is 6.39. The van der Waals surface area contributed by atoms with E-state index in [2.05, 4.69) is 98.9 Å². The molecule has 0 fully saturated rings.